The largest absolute Gasteiger partial charge is 0.355 e. The summed E-state index contributed by atoms with van der Waals surface area (Å²) < 4.78 is 2.00. The van der Waals surface area contributed by atoms with Crippen LogP contribution in [0.4, 0.5) is 5.82 Å². The standard InChI is InChI=1S/C33H40N8O/c1-38-14-9-33(10-15-38)22-41(23-33)32-18-25(8-11-34-32)31(42)19-27-17-26-16-24(6-7-29(26)37-36-27)28-20-35-39(2)30(28)21-40-12-4-3-5-13-40/h6-8,11,16-18,20H,3-5,9-10,12-15,19,21-23H2,1-2H3. The third-order valence-corrected chi connectivity index (χ3v) is 9.66. The number of aromatic nitrogens is 5. The van der Waals surface area contributed by atoms with E-state index in [0.29, 0.717) is 16.7 Å². The van der Waals surface area contributed by atoms with Gasteiger partial charge in [-0.2, -0.15) is 15.3 Å². The van der Waals surface area contributed by atoms with E-state index < -0.39 is 0 Å². The number of benzene rings is 1. The molecule has 3 fully saturated rings. The summed E-state index contributed by atoms with van der Waals surface area (Å²) in [6.45, 7) is 7.57. The Bertz CT molecular complexity index is 1590. The minimum atomic E-state index is 0.0362. The van der Waals surface area contributed by atoms with Crippen molar-refractivity contribution in [2.24, 2.45) is 12.5 Å². The molecule has 7 rings (SSSR count). The van der Waals surface area contributed by atoms with Crippen molar-refractivity contribution in [2.45, 2.75) is 45.1 Å². The molecule has 0 radical (unpaired) electrons. The number of hydrogen-bond donors (Lipinski definition) is 0. The van der Waals surface area contributed by atoms with Crippen LogP contribution in [0.3, 0.4) is 0 Å². The minimum absolute atomic E-state index is 0.0362. The molecule has 3 aromatic heterocycles. The number of ketones is 1. The Morgan fingerprint density at radius 2 is 1.74 bits per heavy atom. The van der Waals surface area contributed by atoms with Gasteiger partial charge in [-0.15, -0.1) is 0 Å². The van der Waals surface area contributed by atoms with Gasteiger partial charge in [-0.25, -0.2) is 4.98 Å². The Labute approximate surface area is 247 Å². The van der Waals surface area contributed by atoms with Gasteiger partial charge < -0.3 is 9.80 Å². The molecule has 0 amide bonds. The summed E-state index contributed by atoms with van der Waals surface area (Å²) in [4.78, 5) is 25.2. The number of Topliss-reactive ketones (excluding diaryl/α,β-unsaturated/α-hetero) is 1. The van der Waals surface area contributed by atoms with E-state index in [1.807, 2.05) is 42.2 Å². The van der Waals surface area contributed by atoms with Crippen molar-refractivity contribution in [2.75, 3.05) is 51.2 Å². The van der Waals surface area contributed by atoms with Gasteiger partial charge in [0.25, 0.3) is 0 Å². The van der Waals surface area contributed by atoms with Crippen molar-refractivity contribution in [3.05, 3.63) is 65.7 Å². The van der Waals surface area contributed by atoms with Crippen LogP contribution in [0.15, 0.2) is 48.8 Å². The summed E-state index contributed by atoms with van der Waals surface area (Å²) in [5.41, 5.74) is 6.09. The molecule has 6 heterocycles. The Morgan fingerprint density at radius 1 is 0.929 bits per heavy atom. The Balaban J connectivity index is 1.06. The van der Waals surface area contributed by atoms with Crippen LogP contribution in [0, 0.1) is 5.41 Å². The van der Waals surface area contributed by atoms with E-state index in [0.717, 1.165) is 73.7 Å². The third kappa shape index (κ3) is 5.43. The van der Waals surface area contributed by atoms with Gasteiger partial charge in [-0.05, 0) is 94.8 Å². The predicted molar refractivity (Wildman–Crippen MR) is 165 cm³/mol. The first-order chi connectivity index (χ1) is 20.4. The molecule has 0 saturated carbocycles. The van der Waals surface area contributed by atoms with Crippen LogP contribution in [0.1, 0.15) is 53.8 Å². The van der Waals surface area contributed by atoms with E-state index in [9.17, 15) is 4.79 Å². The Kier molecular flexibility index (Phi) is 7.23. The highest BCUT2D eigenvalue weighted by molar-refractivity contribution is 5.98. The third-order valence-electron chi connectivity index (χ3n) is 9.66. The molecule has 0 bridgehead atoms. The number of pyridine rings is 1. The first kappa shape index (κ1) is 27.2. The van der Waals surface area contributed by atoms with E-state index >= 15 is 0 Å². The average Bonchev–Trinajstić information content (AvgIpc) is 3.36. The summed E-state index contributed by atoms with van der Waals surface area (Å²) in [6.07, 6.45) is 10.3. The van der Waals surface area contributed by atoms with E-state index in [2.05, 4.69) is 54.2 Å². The first-order valence-corrected chi connectivity index (χ1v) is 15.4. The molecule has 9 heteroatoms. The minimum Gasteiger partial charge on any atom is -0.355 e. The lowest BCUT2D eigenvalue weighted by Gasteiger charge is -2.54. The van der Waals surface area contributed by atoms with Gasteiger partial charge in [-0.1, -0.05) is 12.5 Å². The normalized spacial score (nSPS) is 19.3. The SMILES string of the molecule is CN1CCC2(CC1)CN(c1cc(C(=O)Cc3cc4cc(-c5cnn(C)c5CN5CCCCC5)ccc4nn3)ccn1)C2. The number of carbonyl (C=O) groups is 1. The number of fused-ring (bicyclic) bond motifs is 1. The monoisotopic (exact) mass is 564 g/mol. The highest BCUT2D eigenvalue weighted by Crippen LogP contribution is 2.42. The predicted octanol–water partition coefficient (Wildman–Crippen LogP) is 4.37. The molecular weight excluding hydrogens is 524 g/mol. The fourth-order valence-electron chi connectivity index (χ4n) is 6.93. The number of rotatable bonds is 7. The van der Waals surface area contributed by atoms with Crippen LogP contribution in [0.25, 0.3) is 22.0 Å². The molecule has 1 spiro atoms. The number of likely N-dealkylation sites (tertiary alicyclic amines) is 2. The molecular formula is C33H40N8O. The zero-order valence-electron chi connectivity index (χ0n) is 24.8. The molecule has 0 atom stereocenters. The lowest BCUT2D eigenvalue weighted by atomic mass is 9.72. The van der Waals surface area contributed by atoms with E-state index in [4.69, 9.17) is 0 Å². The molecule has 42 heavy (non-hydrogen) atoms. The summed E-state index contributed by atoms with van der Waals surface area (Å²) in [6, 6.07) is 12.0. The topological polar surface area (TPSA) is 83.3 Å². The van der Waals surface area contributed by atoms with Crippen molar-refractivity contribution in [1.82, 2.24) is 34.8 Å². The van der Waals surface area contributed by atoms with Crippen molar-refractivity contribution in [1.29, 1.82) is 0 Å². The molecule has 0 N–H and O–H groups in total. The van der Waals surface area contributed by atoms with Gasteiger partial charge in [0.05, 0.1) is 29.5 Å². The van der Waals surface area contributed by atoms with Crippen molar-refractivity contribution < 1.29 is 4.79 Å². The smallest absolute Gasteiger partial charge is 0.169 e. The molecule has 0 unspecified atom stereocenters. The second-order valence-corrected chi connectivity index (χ2v) is 12.7. The number of carbonyl (C=O) groups excluding carboxylic acids is 1. The summed E-state index contributed by atoms with van der Waals surface area (Å²) in [5, 5.41) is 14.4. The zero-order valence-corrected chi connectivity index (χ0v) is 24.8. The van der Waals surface area contributed by atoms with Crippen LogP contribution in [-0.2, 0) is 20.0 Å². The van der Waals surface area contributed by atoms with Crippen LogP contribution < -0.4 is 4.90 Å². The fourth-order valence-corrected chi connectivity index (χ4v) is 6.93. The van der Waals surface area contributed by atoms with Gasteiger partial charge >= 0.3 is 0 Å². The molecule has 3 aliphatic rings. The lowest BCUT2D eigenvalue weighted by molar-refractivity contribution is 0.0900. The van der Waals surface area contributed by atoms with Crippen molar-refractivity contribution in [3.63, 3.8) is 0 Å². The van der Waals surface area contributed by atoms with Crippen molar-refractivity contribution >= 4 is 22.5 Å². The summed E-state index contributed by atoms with van der Waals surface area (Å²) in [5.74, 6) is 0.936. The highest BCUT2D eigenvalue weighted by Gasteiger charge is 2.44. The van der Waals surface area contributed by atoms with E-state index in [1.54, 1.807) is 6.20 Å². The van der Waals surface area contributed by atoms with Crippen LogP contribution in [0.2, 0.25) is 0 Å². The molecule has 4 aromatic rings. The first-order valence-electron chi connectivity index (χ1n) is 15.4. The van der Waals surface area contributed by atoms with E-state index in [1.165, 1.54) is 37.8 Å². The van der Waals surface area contributed by atoms with Gasteiger partial charge in [0.1, 0.15) is 5.82 Å². The number of nitrogens with zero attached hydrogens (tertiary/aromatic N) is 8. The van der Waals surface area contributed by atoms with Crippen LogP contribution >= 0.6 is 0 Å². The zero-order chi connectivity index (χ0) is 28.7. The molecule has 218 valence electrons. The summed E-state index contributed by atoms with van der Waals surface area (Å²) >= 11 is 0. The number of piperidine rings is 2. The average molecular weight is 565 g/mol. The van der Waals surface area contributed by atoms with Gasteiger partial charge in [-0.3, -0.25) is 14.4 Å². The Morgan fingerprint density at radius 3 is 2.55 bits per heavy atom. The number of anilines is 1. The summed E-state index contributed by atoms with van der Waals surface area (Å²) in [7, 11) is 4.23. The Hall–Kier alpha value is -3.69. The maximum atomic E-state index is 13.4. The molecule has 3 aliphatic heterocycles. The molecule has 0 aliphatic carbocycles. The molecule has 3 saturated heterocycles. The molecule has 9 nitrogen and oxygen atoms in total. The van der Waals surface area contributed by atoms with E-state index in [-0.39, 0.29) is 12.2 Å². The quantitative estimate of drug-likeness (QED) is 0.306. The second-order valence-electron chi connectivity index (χ2n) is 12.7. The maximum Gasteiger partial charge on any atom is 0.169 e. The fraction of sp³-hybridized carbons (Fsp3) is 0.485. The molecule has 1 aromatic carbocycles. The van der Waals surface area contributed by atoms with Crippen molar-refractivity contribution in [3.8, 4) is 11.1 Å². The van der Waals surface area contributed by atoms with Crippen LogP contribution in [-0.4, -0.2) is 86.9 Å². The van der Waals surface area contributed by atoms with Gasteiger partial charge in [0, 0.05) is 54.8 Å². The van der Waals surface area contributed by atoms with Crippen LogP contribution in [0.5, 0.6) is 0 Å². The van der Waals surface area contributed by atoms with Gasteiger partial charge in [0.2, 0.25) is 0 Å². The lowest BCUT2D eigenvalue weighted by Crippen LogP contribution is -2.60. The highest BCUT2D eigenvalue weighted by atomic mass is 16.1. The van der Waals surface area contributed by atoms with Gasteiger partial charge in [0.15, 0.2) is 5.78 Å². The second kappa shape index (κ2) is 11.2. The maximum absolute atomic E-state index is 13.4. The number of hydrogen-bond acceptors (Lipinski definition) is 8. The number of aryl methyl sites for hydroxylation is 1.